The van der Waals surface area contributed by atoms with Gasteiger partial charge < -0.3 is 5.11 Å². The van der Waals surface area contributed by atoms with Crippen LogP contribution in [0.4, 0.5) is 0 Å². The summed E-state index contributed by atoms with van der Waals surface area (Å²) >= 11 is 14.7. The first-order valence-electron chi connectivity index (χ1n) is 7.51. The van der Waals surface area contributed by atoms with E-state index in [-0.39, 0.29) is 17.2 Å². The van der Waals surface area contributed by atoms with E-state index in [0.29, 0.717) is 22.2 Å². The van der Waals surface area contributed by atoms with Crippen molar-refractivity contribution >= 4 is 40.7 Å². The molecule has 1 N–H and O–H groups in total. The molecule has 3 rings (SSSR count). The molecule has 24 heavy (non-hydrogen) atoms. The molecule has 0 atom stereocenters. The van der Waals surface area contributed by atoms with Gasteiger partial charge in [0, 0.05) is 54.3 Å². The summed E-state index contributed by atoms with van der Waals surface area (Å²) in [5.41, 5.74) is 1.20. The van der Waals surface area contributed by atoms with Gasteiger partial charge in [0.05, 0.1) is 11.2 Å². The molecule has 128 valence electrons. The van der Waals surface area contributed by atoms with Crippen LogP contribution in [0.15, 0.2) is 18.3 Å². The molecule has 1 aromatic heterocycles. The predicted molar refractivity (Wildman–Crippen MR) is 97.4 cm³/mol. The van der Waals surface area contributed by atoms with E-state index in [1.165, 1.54) is 10.9 Å². The average Bonchev–Trinajstić information content (AvgIpc) is 2.91. The molecule has 0 spiro atoms. The van der Waals surface area contributed by atoms with Crippen molar-refractivity contribution in [1.82, 2.24) is 14.7 Å². The Kier molecular flexibility index (Phi) is 5.39. The molecule has 1 aliphatic heterocycles. The largest absolute Gasteiger partial charge is 0.493 e. The molecular weight excluding hydrogens is 369 g/mol. The van der Waals surface area contributed by atoms with Gasteiger partial charge in [-0.1, -0.05) is 23.2 Å². The van der Waals surface area contributed by atoms with Crippen LogP contribution in [0.25, 0.3) is 0 Å². The number of carbonyl (C=O) groups excluding carboxylic acids is 1. The van der Waals surface area contributed by atoms with E-state index in [9.17, 15) is 9.90 Å². The van der Waals surface area contributed by atoms with E-state index in [0.717, 1.165) is 30.2 Å². The number of rotatable bonds is 4. The van der Waals surface area contributed by atoms with Gasteiger partial charge in [0.15, 0.2) is 0 Å². The Morgan fingerprint density at radius 1 is 1.29 bits per heavy atom. The molecule has 0 bridgehead atoms. The molecular formula is C16H17Cl2N3O2S. The smallest absolute Gasteiger partial charge is 0.220 e. The lowest BCUT2D eigenvalue weighted by atomic mass is 10.0. The summed E-state index contributed by atoms with van der Waals surface area (Å²) in [6.45, 7) is 2.55. The number of hydrogen-bond donors (Lipinski definition) is 1. The van der Waals surface area contributed by atoms with E-state index >= 15 is 0 Å². The van der Waals surface area contributed by atoms with Crippen molar-refractivity contribution in [3.63, 3.8) is 0 Å². The van der Waals surface area contributed by atoms with Crippen LogP contribution in [0, 0.1) is 0 Å². The van der Waals surface area contributed by atoms with Gasteiger partial charge in [0.2, 0.25) is 11.7 Å². The van der Waals surface area contributed by atoms with Crippen LogP contribution in [0.3, 0.4) is 0 Å². The summed E-state index contributed by atoms with van der Waals surface area (Å²) in [6, 6.07) is 3.27. The van der Waals surface area contributed by atoms with E-state index in [4.69, 9.17) is 23.2 Å². The van der Waals surface area contributed by atoms with Crippen LogP contribution in [0.2, 0.25) is 10.0 Å². The fourth-order valence-electron chi connectivity index (χ4n) is 2.64. The van der Waals surface area contributed by atoms with Crippen LogP contribution in [-0.2, 0) is 13.6 Å². The third-order valence-electron chi connectivity index (χ3n) is 4.07. The lowest BCUT2D eigenvalue weighted by Crippen LogP contribution is -2.32. The predicted octanol–water partition coefficient (Wildman–Crippen LogP) is 3.21. The van der Waals surface area contributed by atoms with Crippen LogP contribution >= 0.6 is 35.0 Å². The minimum Gasteiger partial charge on any atom is -0.493 e. The Morgan fingerprint density at radius 2 is 2.00 bits per heavy atom. The highest BCUT2D eigenvalue weighted by Crippen LogP contribution is 2.32. The van der Waals surface area contributed by atoms with Crippen molar-refractivity contribution in [2.75, 3.05) is 24.6 Å². The van der Waals surface area contributed by atoms with E-state index in [1.807, 2.05) is 11.8 Å². The molecule has 0 unspecified atom stereocenters. The van der Waals surface area contributed by atoms with Gasteiger partial charge >= 0.3 is 0 Å². The highest BCUT2D eigenvalue weighted by atomic mass is 35.5. The van der Waals surface area contributed by atoms with Gasteiger partial charge in [-0.3, -0.25) is 9.69 Å². The van der Waals surface area contributed by atoms with Gasteiger partial charge in [-0.2, -0.15) is 16.9 Å². The van der Waals surface area contributed by atoms with Crippen molar-refractivity contribution in [3.8, 4) is 5.88 Å². The fourth-order valence-corrected chi connectivity index (χ4v) is 4.19. The molecule has 1 aliphatic rings. The van der Waals surface area contributed by atoms with Gasteiger partial charge in [0.25, 0.3) is 0 Å². The summed E-state index contributed by atoms with van der Waals surface area (Å²) < 4.78 is 1.24. The second-order valence-electron chi connectivity index (χ2n) is 5.61. The molecule has 1 aromatic carbocycles. The quantitative estimate of drug-likeness (QED) is 0.818. The molecule has 8 heteroatoms. The number of ketones is 1. The molecule has 1 saturated heterocycles. The summed E-state index contributed by atoms with van der Waals surface area (Å²) in [5, 5.41) is 14.7. The van der Waals surface area contributed by atoms with Crippen molar-refractivity contribution in [2.24, 2.45) is 7.05 Å². The number of nitrogens with zero attached hydrogens (tertiary/aromatic N) is 3. The zero-order chi connectivity index (χ0) is 17.3. The first-order valence-corrected chi connectivity index (χ1v) is 9.42. The van der Waals surface area contributed by atoms with Crippen LogP contribution in [0.5, 0.6) is 5.88 Å². The summed E-state index contributed by atoms with van der Waals surface area (Å²) in [4.78, 5) is 15.0. The maximum absolute atomic E-state index is 12.7. The summed E-state index contributed by atoms with van der Waals surface area (Å²) in [6.07, 6.45) is 1.34. The number of aryl methyl sites for hydroxylation is 1. The molecule has 2 heterocycles. The Bertz CT molecular complexity index is 773. The topological polar surface area (TPSA) is 58.4 Å². The van der Waals surface area contributed by atoms with E-state index in [1.54, 1.807) is 19.2 Å². The van der Waals surface area contributed by atoms with Crippen molar-refractivity contribution in [3.05, 3.63) is 45.1 Å². The highest BCUT2D eigenvalue weighted by Gasteiger charge is 2.23. The molecule has 0 aliphatic carbocycles. The summed E-state index contributed by atoms with van der Waals surface area (Å²) in [5.74, 6) is 1.62. The monoisotopic (exact) mass is 385 g/mol. The number of benzene rings is 1. The lowest BCUT2D eigenvalue weighted by Gasteiger charge is -2.27. The van der Waals surface area contributed by atoms with Crippen molar-refractivity contribution in [2.45, 2.75) is 6.54 Å². The standard InChI is InChI=1S/C16H17Cl2N3O2S/c1-20-16(23)11(8-19-20)15(22)10-2-3-13(17)12(14(10)18)9-21-4-6-24-7-5-21/h2-3,8,23H,4-7,9H2,1H3. The van der Waals surface area contributed by atoms with Gasteiger partial charge in [-0.25, -0.2) is 4.68 Å². The van der Waals surface area contributed by atoms with Crippen LogP contribution in [-0.4, -0.2) is 50.2 Å². The number of thioether (sulfide) groups is 1. The number of carbonyl (C=O) groups is 1. The number of aromatic nitrogens is 2. The number of hydrogen-bond acceptors (Lipinski definition) is 5. The molecule has 0 amide bonds. The van der Waals surface area contributed by atoms with E-state index < -0.39 is 0 Å². The number of halogens is 2. The van der Waals surface area contributed by atoms with Crippen LogP contribution in [0.1, 0.15) is 21.5 Å². The number of aromatic hydroxyl groups is 1. The minimum absolute atomic E-state index is 0.127. The average molecular weight is 386 g/mol. The molecule has 2 aromatic rings. The Morgan fingerprint density at radius 3 is 2.62 bits per heavy atom. The molecule has 1 fully saturated rings. The first-order chi connectivity index (χ1) is 11.5. The van der Waals surface area contributed by atoms with Crippen LogP contribution < -0.4 is 0 Å². The maximum Gasteiger partial charge on any atom is 0.220 e. The summed E-state index contributed by atoms with van der Waals surface area (Å²) in [7, 11) is 1.56. The Balaban J connectivity index is 1.93. The second kappa shape index (κ2) is 7.35. The minimum atomic E-state index is -0.363. The Labute approximate surface area is 154 Å². The lowest BCUT2D eigenvalue weighted by molar-refractivity contribution is 0.103. The fraction of sp³-hybridized carbons (Fsp3) is 0.375. The van der Waals surface area contributed by atoms with Gasteiger partial charge in [-0.05, 0) is 12.1 Å². The third-order valence-corrected chi connectivity index (χ3v) is 5.80. The highest BCUT2D eigenvalue weighted by molar-refractivity contribution is 7.99. The second-order valence-corrected chi connectivity index (χ2v) is 7.62. The first kappa shape index (κ1) is 17.6. The zero-order valence-electron chi connectivity index (χ0n) is 13.1. The molecule has 0 saturated carbocycles. The molecule has 5 nitrogen and oxygen atoms in total. The third kappa shape index (κ3) is 3.42. The Hall–Kier alpha value is -1.21. The van der Waals surface area contributed by atoms with E-state index in [2.05, 4.69) is 10.00 Å². The van der Waals surface area contributed by atoms with Crippen molar-refractivity contribution < 1.29 is 9.90 Å². The van der Waals surface area contributed by atoms with Gasteiger partial charge in [-0.15, -0.1) is 0 Å². The SMILES string of the molecule is Cn1ncc(C(=O)c2ccc(Cl)c(CN3CCSCC3)c2Cl)c1O. The maximum atomic E-state index is 12.7. The zero-order valence-corrected chi connectivity index (χ0v) is 15.5. The van der Waals surface area contributed by atoms with Crippen molar-refractivity contribution in [1.29, 1.82) is 0 Å². The molecule has 0 radical (unpaired) electrons. The normalized spacial score (nSPS) is 15.6. The van der Waals surface area contributed by atoms with Gasteiger partial charge in [0.1, 0.15) is 5.56 Å².